The van der Waals surface area contributed by atoms with Crippen LogP contribution in [0.1, 0.15) is 33.7 Å². The Hall–Kier alpha value is -1.44. The largest absolute Gasteiger partial charge is 0.497 e. The van der Waals surface area contributed by atoms with E-state index in [0.717, 1.165) is 18.1 Å². The zero-order valence-electron chi connectivity index (χ0n) is 10.9. The predicted molar refractivity (Wildman–Crippen MR) is 74.7 cm³/mol. The monoisotopic (exact) mass is 233 g/mol. The summed E-state index contributed by atoms with van der Waals surface area (Å²) in [6.45, 7) is 4.57. The van der Waals surface area contributed by atoms with Crippen molar-refractivity contribution >= 4 is 10.9 Å². The summed E-state index contributed by atoms with van der Waals surface area (Å²) in [6.07, 6.45) is 5.81. The van der Waals surface area contributed by atoms with Gasteiger partial charge < -0.3 is 9.72 Å². The zero-order chi connectivity index (χ0) is 12.3. The summed E-state index contributed by atoms with van der Waals surface area (Å²) in [7, 11) is 1.70. The maximum atomic E-state index is 5.23. The lowest BCUT2D eigenvalue weighted by Crippen LogP contribution is -1.94. The van der Waals surface area contributed by atoms with Gasteiger partial charge in [-0.25, -0.2) is 0 Å². The van der Waals surface area contributed by atoms with E-state index >= 15 is 0 Å². The molecule has 1 aromatic heterocycles. The summed E-state index contributed by atoms with van der Waals surface area (Å²) in [5.41, 5.74) is 2.59. The topological polar surface area (TPSA) is 25.0 Å². The average Bonchev–Trinajstić information content (AvgIpc) is 2.77. The van der Waals surface area contributed by atoms with Crippen molar-refractivity contribution < 1.29 is 6.16 Å². The molecule has 1 heterocycles. The minimum absolute atomic E-state index is 0. The molecule has 2 nitrogen and oxygen atoms in total. The van der Waals surface area contributed by atoms with Crippen LogP contribution in [-0.2, 0) is 6.42 Å². The van der Waals surface area contributed by atoms with Crippen LogP contribution < -0.4 is 4.74 Å². The van der Waals surface area contributed by atoms with Gasteiger partial charge in [0.15, 0.2) is 0 Å². The number of fused-ring (bicyclic) bond motifs is 1. The summed E-state index contributed by atoms with van der Waals surface area (Å²) in [5.74, 6) is 1.71. The molecule has 2 heteroatoms. The molecule has 94 valence electrons. The second-order valence-electron chi connectivity index (χ2n) is 4.78. The van der Waals surface area contributed by atoms with Gasteiger partial charge in [0.2, 0.25) is 0 Å². The molecule has 0 aliphatic rings. The van der Waals surface area contributed by atoms with Crippen LogP contribution >= 0.6 is 0 Å². The molecule has 0 aliphatic carbocycles. The van der Waals surface area contributed by atoms with Crippen LogP contribution in [0.3, 0.4) is 0 Å². The highest BCUT2D eigenvalue weighted by atomic mass is 16.5. The summed E-state index contributed by atoms with van der Waals surface area (Å²) in [5, 5.41) is 1.33. The lowest BCUT2D eigenvalue weighted by atomic mass is 9.99. The number of aryl methyl sites for hydroxylation is 1. The summed E-state index contributed by atoms with van der Waals surface area (Å²) < 4.78 is 5.23. The van der Waals surface area contributed by atoms with Gasteiger partial charge in [-0.15, -0.1) is 0 Å². The van der Waals surface area contributed by atoms with Gasteiger partial charge in [-0.1, -0.05) is 20.3 Å². The normalized spacial score (nSPS) is 12.9. The highest BCUT2D eigenvalue weighted by Gasteiger charge is 2.06. The number of methoxy groups -OCH3 is 1. The maximum absolute atomic E-state index is 5.23. The van der Waals surface area contributed by atoms with Crippen LogP contribution in [0.2, 0.25) is 0 Å². The van der Waals surface area contributed by atoms with Gasteiger partial charge in [-0.05, 0) is 36.5 Å². The number of rotatable bonds is 5. The fraction of sp³-hybridized carbons (Fsp3) is 0.467. The number of H-pyrrole nitrogens is 1. The molecule has 2 rings (SSSR count). The Balaban J connectivity index is 0.00000162. The van der Waals surface area contributed by atoms with Crippen LogP contribution in [-0.4, -0.2) is 12.1 Å². The molecule has 1 N–H and O–H groups in total. The Morgan fingerprint density at radius 2 is 2.24 bits per heavy atom. The molecule has 0 fully saturated rings. The number of hydrogen-bond acceptors (Lipinski definition) is 1. The molecule has 0 saturated heterocycles. The van der Waals surface area contributed by atoms with Gasteiger partial charge in [0.1, 0.15) is 5.75 Å². The standard InChI is InChI=1S/C15H21NO.H2/c1-4-11(2)5-6-12-10-16-15-9-13(17-3)7-8-14(12)15;/h7-11,16H,4-6H2,1-3H3;1H. The Kier molecular flexibility index (Phi) is 3.72. The fourth-order valence-electron chi connectivity index (χ4n) is 2.11. The van der Waals surface area contributed by atoms with E-state index in [1.807, 2.05) is 6.07 Å². The molecule has 0 bridgehead atoms. The van der Waals surface area contributed by atoms with Crippen molar-refractivity contribution in [2.24, 2.45) is 5.92 Å². The van der Waals surface area contributed by atoms with Gasteiger partial charge in [0.25, 0.3) is 0 Å². The highest BCUT2D eigenvalue weighted by molar-refractivity contribution is 5.84. The van der Waals surface area contributed by atoms with Crippen LogP contribution in [0.4, 0.5) is 0 Å². The molecule has 2 aromatic rings. The first-order valence-electron chi connectivity index (χ1n) is 6.38. The van der Waals surface area contributed by atoms with Crippen molar-refractivity contribution in [2.75, 3.05) is 7.11 Å². The number of aromatic nitrogens is 1. The van der Waals surface area contributed by atoms with E-state index in [4.69, 9.17) is 4.74 Å². The van der Waals surface area contributed by atoms with E-state index in [2.05, 4.69) is 37.2 Å². The third kappa shape index (κ3) is 2.63. The lowest BCUT2D eigenvalue weighted by molar-refractivity contribution is 0.415. The number of ether oxygens (including phenoxy) is 1. The highest BCUT2D eigenvalue weighted by Crippen LogP contribution is 2.25. The molecular weight excluding hydrogens is 210 g/mol. The molecule has 17 heavy (non-hydrogen) atoms. The van der Waals surface area contributed by atoms with Crippen molar-refractivity contribution in [3.8, 4) is 5.75 Å². The third-order valence-electron chi connectivity index (χ3n) is 3.58. The Bertz CT molecular complexity index is 492. The predicted octanol–water partition coefficient (Wildman–Crippen LogP) is 4.40. The Labute approximate surface area is 104 Å². The minimum Gasteiger partial charge on any atom is -0.497 e. The molecular formula is C15H23NO. The molecule has 0 spiro atoms. The van der Waals surface area contributed by atoms with Crippen molar-refractivity contribution in [1.82, 2.24) is 4.98 Å². The Morgan fingerprint density at radius 1 is 1.41 bits per heavy atom. The zero-order valence-corrected chi connectivity index (χ0v) is 10.9. The molecule has 0 amide bonds. The van der Waals surface area contributed by atoms with E-state index in [1.54, 1.807) is 7.11 Å². The van der Waals surface area contributed by atoms with Gasteiger partial charge >= 0.3 is 0 Å². The van der Waals surface area contributed by atoms with Crippen molar-refractivity contribution in [2.45, 2.75) is 33.1 Å². The first-order valence-corrected chi connectivity index (χ1v) is 6.38. The van der Waals surface area contributed by atoms with E-state index in [-0.39, 0.29) is 1.43 Å². The quantitative estimate of drug-likeness (QED) is 0.813. The lowest BCUT2D eigenvalue weighted by Gasteiger charge is -2.07. The summed E-state index contributed by atoms with van der Waals surface area (Å²) in [6, 6.07) is 6.24. The first kappa shape index (κ1) is 12.0. The number of aromatic amines is 1. The van der Waals surface area contributed by atoms with Crippen LogP contribution in [0.5, 0.6) is 5.75 Å². The molecule has 1 atom stereocenters. The second kappa shape index (κ2) is 5.26. The van der Waals surface area contributed by atoms with Crippen molar-refractivity contribution in [3.63, 3.8) is 0 Å². The van der Waals surface area contributed by atoms with Gasteiger partial charge in [-0.2, -0.15) is 0 Å². The first-order chi connectivity index (χ1) is 8.24. The van der Waals surface area contributed by atoms with Crippen LogP contribution in [0.15, 0.2) is 24.4 Å². The van der Waals surface area contributed by atoms with Gasteiger partial charge in [0, 0.05) is 24.6 Å². The summed E-state index contributed by atoms with van der Waals surface area (Å²) in [4.78, 5) is 3.32. The number of nitrogens with one attached hydrogen (secondary N) is 1. The van der Waals surface area contributed by atoms with Crippen molar-refractivity contribution in [1.29, 1.82) is 0 Å². The molecule has 0 aliphatic heterocycles. The molecule has 1 unspecified atom stereocenters. The molecule has 0 saturated carbocycles. The SMILES string of the molecule is CCC(C)CCc1c[nH]c2cc(OC)ccc12.[HH]. The van der Waals surface area contributed by atoms with E-state index < -0.39 is 0 Å². The van der Waals surface area contributed by atoms with Crippen LogP contribution in [0, 0.1) is 5.92 Å². The molecule has 0 radical (unpaired) electrons. The minimum atomic E-state index is 0. The van der Waals surface area contributed by atoms with Gasteiger partial charge in [0.05, 0.1) is 7.11 Å². The maximum Gasteiger partial charge on any atom is 0.120 e. The van der Waals surface area contributed by atoms with Crippen LogP contribution in [0.25, 0.3) is 10.9 Å². The number of benzene rings is 1. The van der Waals surface area contributed by atoms with Crippen molar-refractivity contribution in [3.05, 3.63) is 30.0 Å². The average molecular weight is 233 g/mol. The number of hydrogen-bond donors (Lipinski definition) is 1. The Morgan fingerprint density at radius 3 is 2.94 bits per heavy atom. The van der Waals surface area contributed by atoms with E-state index in [1.165, 1.54) is 29.3 Å². The molecule has 1 aromatic carbocycles. The fourth-order valence-corrected chi connectivity index (χ4v) is 2.11. The second-order valence-corrected chi connectivity index (χ2v) is 4.78. The van der Waals surface area contributed by atoms with Gasteiger partial charge in [-0.3, -0.25) is 0 Å². The summed E-state index contributed by atoms with van der Waals surface area (Å²) >= 11 is 0. The smallest absolute Gasteiger partial charge is 0.120 e. The van der Waals surface area contributed by atoms with E-state index in [0.29, 0.717) is 0 Å². The third-order valence-corrected chi connectivity index (χ3v) is 3.58. The van der Waals surface area contributed by atoms with E-state index in [9.17, 15) is 0 Å².